The summed E-state index contributed by atoms with van der Waals surface area (Å²) in [5, 5.41) is 0. The predicted octanol–water partition coefficient (Wildman–Crippen LogP) is 2.25. The molecule has 0 bridgehead atoms. The largest absolute Gasteiger partial charge is 0.331 e. The lowest BCUT2D eigenvalue weighted by Crippen LogP contribution is -2.56. The summed E-state index contributed by atoms with van der Waals surface area (Å²) in [4.78, 5) is 26.8. The van der Waals surface area contributed by atoms with Gasteiger partial charge < -0.3 is 4.90 Å². The highest BCUT2D eigenvalue weighted by Gasteiger charge is 2.37. The number of halogens is 1. The Morgan fingerprint density at radius 1 is 1.39 bits per heavy atom. The van der Waals surface area contributed by atoms with Crippen LogP contribution in [0.25, 0.3) is 0 Å². The highest BCUT2D eigenvalue weighted by atomic mass is 19.1. The molecule has 0 aliphatic carbocycles. The van der Waals surface area contributed by atoms with E-state index in [0.717, 1.165) is 4.90 Å². The molecule has 0 saturated carbocycles. The van der Waals surface area contributed by atoms with Crippen LogP contribution in [0.15, 0.2) is 24.3 Å². The van der Waals surface area contributed by atoms with E-state index in [-0.39, 0.29) is 23.5 Å². The van der Waals surface area contributed by atoms with E-state index < -0.39 is 5.82 Å². The Kier molecular flexibility index (Phi) is 3.32. The number of imide groups is 1. The van der Waals surface area contributed by atoms with Crippen LogP contribution in [0.3, 0.4) is 0 Å². The highest BCUT2D eigenvalue weighted by Crippen LogP contribution is 2.24. The van der Waals surface area contributed by atoms with Gasteiger partial charge in [0.25, 0.3) is 0 Å². The second-order valence-electron chi connectivity index (χ2n) is 4.38. The monoisotopic (exact) mass is 250 g/mol. The minimum absolute atomic E-state index is 0.272. The summed E-state index contributed by atoms with van der Waals surface area (Å²) in [5.74, 6) is -1.02. The molecule has 0 spiro atoms. The van der Waals surface area contributed by atoms with Crippen molar-refractivity contribution in [3.8, 4) is 0 Å². The zero-order valence-corrected chi connectivity index (χ0v) is 10.4. The molecule has 0 aromatic heterocycles. The van der Waals surface area contributed by atoms with Crippen LogP contribution >= 0.6 is 0 Å². The van der Waals surface area contributed by atoms with Crippen molar-refractivity contribution in [2.45, 2.75) is 13.8 Å². The van der Waals surface area contributed by atoms with Gasteiger partial charge in [-0.15, -0.1) is 0 Å². The number of hydrogen-bond acceptors (Lipinski definition) is 2. The quantitative estimate of drug-likeness (QED) is 0.807. The number of rotatable bonds is 2. The van der Waals surface area contributed by atoms with Gasteiger partial charge in [-0.2, -0.15) is 0 Å². The van der Waals surface area contributed by atoms with Crippen molar-refractivity contribution < 1.29 is 14.0 Å². The van der Waals surface area contributed by atoms with Gasteiger partial charge >= 0.3 is 6.03 Å². The average Bonchev–Trinajstić information content (AvgIpc) is 2.34. The van der Waals surface area contributed by atoms with Crippen molar-refractivity contribution in [3.05, 3.63) is 30.1 Å². The zero-order chi connectivity index (χ0) is 13.3. The van der Waals surface area contributed by atoms with E-state index in [9.17, 15) is 14.0 Å². The first-order valence-corrected chi connectivity index (χ1v) is 5.93. The Balaban J connectivity index is 2.39. The van der Waals surface area contributed by atoms with Gasteiger partial charge in [0.05, 0.1) is 11.6 Å². The van der Waals surface area contributed by atoms with E-state index in [0.29, 0.717) is 13.1 Å². The summed E-state index contributed by atoms with van der Waals surface area (Å²) < 4.78 is 13.2. The molecule has 2 rings (SSSR count). The van der Waals surface area contributed by atoms with Crippen molar-refractivity contribution in [2.75, 3.05) is 18.0 Å². The van der Waals surface area contributed by atoms with Gasteiger partial charge in [0.2, 0.25) is 5.91 Å². The molecule has 5 heteroatoms. The first kappa shape index (κ1) is 12.5. The molecule has 1 aromatic carbocycles. The molecule has 1 aliphatic heterocycles. The van der Waals surface area contributed by atoms with Crippen LogP contribution in [0.2, 0.25) is 0 Å². The molecule has 1 heterocycles. The van der Waals surface area contributed by atoms with Crippen LogP contribution in [-0.2, 0) is 4.79 Å². The van der Waals surface area contributed by atoms with Gasteiger partial charge in [0.15, 0.2) is 0 Å². The molecule has 1 atom stereocenters. The van der Waals surface area contributed by atoms with Crippen LogP contribution in [0.1, 0.15) is 13.8 Å². The maximum Gasteiger partial charge on any atom is 0.331 e. The minimum Gasteiger partial charge on any atom is -0.323 e. The molecular weight excluding hydrogens is 235 g/mol. The molecule has 1 saturated heterocycles. The summed E-state index contributed by atoms with van der Waals surface area (Å²) >= 11 is 0. The number of nitrogens with zero attached hydrogens (tertiary/aromatic N) is 2. The Bertz CT molecular complexity index is 490. The fourth-order valence-electron chi connectivity index (χ4n) is 2.06. The predicted molar refractivity (Wildman–Crippen MR) is 65.7 cm³/mol. The number of anilines is 1. The second kappa shape index (κ2) is 4.76. The summed E-state index contributed by atoms with van der Waals surface area (Å²) in [6, 6.07) is 5.14. The fraction of sp³-hybridized carbons (Fsp3) is 0.385. The maximum absolute atomic E-state index is 13.2. The number of benzene rings is 1. The Labute approximate surface area is 105 Å². The van der Waals surface area contributed by atoms with Crippen LogP contribution in [0, 0.1) is 11.7 Å². The zero-order valence-electron chi connectivity index (χ0n) is 10.4. The van der Waals surface area contributed by atoms with Crippen LogP contribution in [0.4, 0.5) is 14.9 Å². The van der Waals surface area contributed by atoms with Gasteiger partial charge in [0.1, 0.15) is 5.82 Å². The number of hydrogen-bond donors (Lipinski definition) is 0. The number of carbonyl (C=O) groups is 2. The topological polar surface area (TPSA) is 40.6 Å². The van der Waals surface area contributed by atoms with Crippen molar-refractivity contribution in [2.24, 2.45) is 5.92 Å². The third-order valence-corrected chi connectivity index (χ3v) is 3.05. The van der Waals surface area contributed by atoms with Gasteiger partial charge in [-0.1, -0.05) is 13.0 Å². The van der Waals surface area contributed by atoms with E-state index in [1.54, 1.807) is 17.9 Å². The lowest BCUT2D eigenvalue weighted by atomic mass is 10.1. The highest BCUT2D eigenvalue weighted by molar-refractivity contribution is 6.16. The van der Waals surface area contributed by atoms with E-state index in [4.69, 9.17) is 0 Å². The second-order valence-corrected chi connectivity index (χ2v) is 4.38. The third-order valence-electron chi connectivity index (χ3n) is 3.05. The number of amides is 3. The molecule has 0 radical (unpaired) electrons. The Morgan fingerprint density at radius 3 is 2.72 bits per heavy atom. The molecule has 1 unspecified atom stereocenters. The maximum atomic E-state index is 13.2. The van der Waals surface area contributed by atoms with Crippen molar-refractivity contribution in [3.63, 3.8) is 0 Å². The molecule has 18 heavy (non-hydrogen) atoms. The number of carbonyl (C=O) groups excluding carboxylic acids is 2. The van der Waals surface area contributed by atoms with Crippen LogP contribution < -0.4 is 4.90 Å². The van der Waals surface area contributed by atoms with Crippen LogP contribution in [0.5, 0.6) is 0 Å². The normalized spacial score (nSPS) is 20.5. The molecule has 0 N–H and O–H groups in total. The lowest BCUT2D eigenvalue weighted by Gasteiger charge is -2.36. The molecule has 1 aromatic rings. The number of urea groups is 1. The lowest BCUT2D eigenvalue weighted by molar-refractivity contribution is -0.122. The first-order valence-electron chi connectivity index (χ1n) is 5.93. The summed E-state index contributed by atoms with van der Waals surface area (Å²) in [6.45, 7) is 4.57. The van der Waals surface area contributed by atoms with E-state index in [2.05, 4.69) is 0 Å². The SMILES string of the molecule is CCN1CC(C)C(=O)N(c2cccc(F)c2)C1=O. The Morgan fingerprint density at radius 2 is 2.11 bits per heavy atom. The molecule has 3 amide bonds. The van der Waals surface area contributed by atoms with Crippen molar-refractivity contribution in [1.29, 1.82) is 0 Å². The summed E-state index contributed by atoms with van der Waals surface area (Å²) in [6.07, 6.45) is 0. The van der Waals surface area contributed by atoms with Gasteiger partial charge in [0, 0.05) is 13.1 Å². The van der Waals surface area contributed by atoms with Gasteiger partial charge in [-0.05, 0) is 25.1 Å². The molecule has 1 aliphatic rings. The first-order chi connectivity index (χ1) is 8.54. The molecule has 96 valence electrons. The minimum atomic E-state index is -0.464. The van der Waals surface area contributed by atoms with E-state index in [1.807, 2.05) is 6.92 Å². The van der Waals surface area contributed by atoms with E-state index >= 15 is 0 Å². The fourth-order valence-corrected chi connectivity index (χ4v) is 2.06. The molecule has 4 nitrogen and oxygen atoms in total. The summed E-state index contributed by atoms with van der Waals surface area (Å²) in [5.41, 5.74) is 0.287. The average molecular weight is 250 g/mol. The van der Waals surface area contributed by atoms with Gasteiger partial charge in [-0.3, -0.25) is 4.79 Å². The Hall–Kier alpha value is -1.91. The molecular formula is C13H15FN2O2. The van der Waals surface area contributed by atoms with Crippen molar-refractivity contribution in [1.82, 2.24) is 4.90 Å². The summed E-state index contributed by atoms with van der Waals surface area (Å²) in [7, 11) is 0. The smallest absolute Gasteiger partial charge is 0.323 e. The van der Waals surface area contributed by atoms with E-state index in [1.165, 1.54) is 18.2 Å². The van der Waals surface area contributed by atoms with Crippen LogP contribution in [-0.4, -0.2) is 29.9 Å². The van der Waals surface area contributed by atoms with Crippen molar-refractivity contribution >= 4 is 17.6 Å². The third kappa shape index (κ3) is 2.08. The standard InChI is InChI=1S/C13H15FN2O2/c1-3-15-8-9(2)12(17)16(13(15)18)11-6-4-5-10(14)7-11/h4-7,9H,3,8H2,1-2H3. The molecule has 1 fully saturated rings. The van der Waals surface area contributed by atoms with Gasteiger partial charge in [-0.25, -0.2) is 14.1 Å².